The minimum absolute atomic E-state index is 0.0257. The molecule has 0 fully saturated rings. The highest BCUT2D eigenvalue weighted by molar-refractivity contribution is 7.92. The van der Waals surface area contributed by atoms with Crippen LogP contribution in [0.15, 0.2) is 83.8 Å². The summed E-state index contributed by atoms with van der Waals surface area (Å²) in [6.07, 6.45) is 0. The van der Waals surface area contributed by atoms with E-state index >= 15 is 0 Å². The second-order valence-corrected chi connectivity index (χ2v) is 8.69. The van der Waals surface area contributed by atoms with Gasteiger partial charge in [-0.05, 0) is 42.5 Å². The number of hydrogen-bond donors (Lipinski definition) is 1. The van der Waals surface area contributed by atoms with Crippen molar-refractivity contribution in [1.29, 1.82) is 0 Å². The first-order valence-corrected chi connectivity index (χ1v) is 11.0. The van der Waals surface area contributed by atoms with E-state index in [1.807, 2.05) is 0 Å². The molecule has 0 saturated heterocycles. The summed E-state index contributed by atoms with van der Waals surface area (Å²) in [6.45, 7) is -0.535. The molecule has 3 aromatic carbocycles. The van der Waals surface area contributed by atoms with Crippen molar-refractivity contribution in [3.8, 4) is 0 Å². The van der Waals surface area contributed by atoms with E-state index in [9.17, 15) is 18.0 Å². The van der Waals surface area contributed by atoms with Gasteiger partial charge in [0.1, 0.15) is 6.54 Å². The summed E-state index contributed by atoms with van der Waals surface area (Å²) in [5.41, 5.74) is 0.592. The van der Waals surface area contributed by atoms with Crippen molar-refractivity contribution in [1.82, 2.24) is 0 Å². The molecule has 0 aliphatic carbocycles. The number of methoxy groups -OCH3 is 1. The number of para-hydroxylation sites is 1. The van der Waals surface area contributed by atoms with E-state index in [2.05, 4.69) is 5.32 Å². The number of nitrogens with zero attached hydrogens (tertiary/aromatic N) is 1. The molecule has 0 radical (unpaired) electrons. The number of anilines is 2. The zero-order valence-electron chi connectivity index (χ0n) is 16.5. The summed E-state index contributed by atoms with van der Waals surface area (Å²) in [5.74, 6) is -1.27. The maximum atomic E-state index is 13.3. The standard InChI is InChI=1S/C22H19ClN2O5S/c1-30-22(27)19-12-5-6-13-20(19)24-21(26)15-25(17-9-7-8-16(23)14-17)31(28,29)18-10-3-2-4-11-18/h2-14H,15H2,1H3,(H,24,26). The van der Waals surface area contributed by atoms with Crippen molar-refractivity contribution in [2.45, 2.75) is 4.90 Å². The lowest BCUT2D eigenvalue weighted by Gasteiger charge is -2.24. The molecule has 0 spiro atoms. The number of rotatable bonds is 7. The molecule has 0 atom stereocenters. The van der Waals surface area contributed by atoms with Crippen molar-refractivity contribution in [2.75, 3.05) is 23.3 Å². The molecule has 0 heterocycles. The topological polar surface area (TPSA) is 92.8 Å². The van der Waals surface area contributed by atoms with E-state index in [4.69, 9.17) is 16.3 Å². The Hall–Kier alpha value is -3.36. The fraction of sp³-hybridized carbons (Fsp3) is 0.0909. The molecule has 3 rings (SSSR count). The minimum Gasteiger partial charge on any atom is -0.465 e. The van der Waals surface area contributed by atoms with Gasteiger partial charge in [0.15, 0.2) is 0 Å². The molecule has 0 aliphatic rings. The van der Waals surface area contributed by atoms with Crippen molar-refractivity contribution < 1.29 is 22.7 Å². The molecule has 1 amide bonds. The van der Waals surface area contributed by atoms with Gasteiger partial charge in [0, 0.05) is 5.02 Å². The summed E-state index contributed by atoms with van der Waals surface area (Å²) >= 11 is 6.05. The summed E-state index contributed by atoms with van der Waals surface area (Å²) in [6, 6.07) is 20.2. The van der Waals surface area contributed by atoms with Gasteiger partial charge in [-0.3, -0.25) is 9.10 Å². The van der Waals surface area contributed by atoms with Crippen LogP contribution in [0.1, 0.15) is 10.4 Å². The van der Waals surface area contributed by atoms with Gasteiger partial charge in [-0.15, -0.1) is 0 Å². The smallest absolute Gasteiger partial charge is 0.339 e. The average molecular weight is 459 g/mol. The van der Waals surface area contributed by atoms with E-state index in [-0.39, 0.29) is 21.8 Å². The first-order chi connectivity index (χ1) is 14.8. The Labute approximate surface area is 185 Å². The fourth-order valence-electron chi connectivity index (χ4n) is 2.87. The van der Waals surface area contributed by atoms with E-state index in [0.29, 0.717) is 5.02 Å². The highest BCUT2D eigenvalue weighted by Crippen LogP contribution is 2.26. The lowest BCUT2D eigenvalue weighted by Crippen LogP contribution is -2.38. The van der Waals surface area contributed by atoms with Crippen LogP contribution in [-0.2, 0) is 19.6 Å². The predicted octanol–water partition coefficient (Wildman–Crippen LogP) is 3.96. The largest absolute Gasteiger partial charge is 0.465 e. The zero-order valence-corrected chi connectivity index (χ0v) is 18.1. The van der Waals surface area contributed by atoms with Crippen LogP contribution < -0.4 is 9.62 Å². The molecular formula is C22H19ClN2O5S. The second-order valence-electron chi connectivity index (χ2n) is 6.39. The quantitative estimate of drug-likeness (QED) is 0.541. The molecule has 0 aliphatic heterocycles. The highest BCUT2D eigenvalue weighted by Gasteiger charge is 2.27. The van der Waals surface area contributed by atoms with E-state index in [1.165, 1.54) is 37.4 Å². The number of benzene rings is 3. The third kappa shape index (κ3) is 5.22. The van der Waals surface area contributed by atoms with Crippen LogP contribution in [0, 0.1) is 0 Å². The van der Waals surface area contributed by atoms with Crippen LogP contribution >= 0.6 is 11.6 Å². The molecule has 0 saturated carbocycles. The van der Waals surface area contributed by atoms with Gasteiger partial charge in [0.2, 0.25) is 5.91 Å². The Morgan fingerprint density at radius 2 is 1.65 bits per heavy atom. The van der Waals surface area contributed by atoms with E-state index < -0.39 is 28.4 Å². The maximum absolute atomic E-state index is 13.3. The van der Waals surface area contributed by atoms with Gasteiger partial charge in [0.25, 0.3) is 10.0 Å². The molecule has 7 nitrogen and oxygen atoms in total. The molecule has 9 heteroatoms. The van der Waals surface area contributed by atoms with E-state index in [0.717, 1.165) is 4.31 Å². The summed E-state index contributed by atoms with van der Waals surface area (Å²) in [5, 5.41) is 2.91. The lowest BCUT2D eigenvalue weighted by molar-refractivity contribution is -0.114. The maximum Gasteiger partial charge on any atom is 0.339 e. The molecule has 0 aromatic heterocycles. The van der Waals surface area contributed by atoms with E-state index in [1.54, 1.807) is 48.5 Å². The Morgan fingerprint density at radius 3 is 2.32 bits per heavy atom. The molecule has 0 unspecified atom stereocenters. The van der Waals surface area contributed by atoms with Gasteiger partial charge >= 0.3 is 5.97 Å². The molecule has 31 heavy (non-hydrogen) atoms. The van der Waals surface area contributed by atoms with Crippen LogP contribution in [0.3, 0.4) is 0 Å². The molecule has 1 N–H and O–H groups in total. The summed E-state index contributed by atoms with van der Waals surface area (Å²) < 4.78 is 32.3. The first kappa shape index (κ1) is 22.3. The van der Waals surface area contributed by atoms with Crippen LogP contribution in [0.4, 0.5) is 11.4 Å². The van der Waals surface area contributed by atoms with Crippen LogP contribution in [-0.4, -0.2) is 33.9 Å². The second kappa shape index (κ2) is 9.63. The van der Waals surface area contributed by atoms with Crippen LogP contribution in [0.25, 0.3) is 0 Å². The summed E-state index contributed by atoms with van der Waals surface area (Å²) in [4.78, 5) is 24.8. The number of hydrogen-bond acceptors (Lipinski definition) is 5. The Balaban J connectivity index is 1.95. The van der Waals surface area contributed by atoms with Crippen molar-refractivity contribution in [3.05, 3.63) is 89.4 Å². The molecule has 160 valence electrons. The van der Waals surface area contributed by atoms with Crippen LogP contribution in [0.5, 0.6) is 0 Å². The number of carbonyl (C=O) groups is 2. The minimum atomic E-state index is -4.07. The lowest BCUT2D eigenvalue weighted by atomic mass is 10.2. The fourth-order valence-corrected chi connectivity index (χ4v) is 4.48. The summed E-state index contributed by atoms with van der Waals surface area (Å²) in [7, 11) is -2.84. The Bertz CT molecular complexity index is 1200. The number of amides is 1. The monoisotopic (exact) mass is 458 g/mol. The number of carbonyl (C=O) groups excluding carboxylic acids is 2. The number of sulfonamides is 1. The number of ether oxygens (including phenoxy) is 1. The first-order valence-electron chi connectivity index (χ1n) is 9.13. The number of halogens is 1. The zero-order chi connectivity index (χ0) is 22.4. The average Bonchev–Trinajstić information content (AvgIpc) is 2.78. The third-order valence-electron chi connectivity index (χ3n) is 4.32. The molecular weight excluding hydrogens is 440 g/mol. The molecule has 0 bridgehead atoms. The Kier molecular flexibility index (Phi) is 6.94. The SMILES string of the molecule is COC(=O)c1ccccc1NC(=O)CN(c1cccc(Cl)c1)S(=O)(=O)c1ccccc1. The van der Waals surface area contributed by atoms with Gasteiger partial charge < -0.3 is 10.1 Å². The molecule has 3 aromatic rings. The van der Waals surface area contributed by atoms with Crippen molar-refractivity contribution in [2.24, 2.45) is 0 Å². The Morgan fingerprint density at radius 1 is 0.968 bits per heavy atom. The number of nitrogens with one attached hydrogen (secondary N) is 1. The van der Waals surface area contributed by atoms with Gasteiger partial charge in [0.05, 0.1) is 28.9 Å². The van der Waals surface area contributed by atoms with Gasteiger partial charge in [-0.1, -0.05) is 48.0 Å². The van der Waals surface area contributed by atoms with Gasteiger partial charge in [-0.25, -0.2) is 13.2 Å². The van der Waals surface area contributed by atoms with Crippen molar-refractivity contribution in [3.63, 3.8) is 0 Å². The normalized spacial score (nSPS) is 10.9. The van der Waals surface area contributed by atoms with Crippen molar-refractivity contribution >= 4 is 44.9 Å². The number of esters is 1. The van der Waals surface area contributed by atoms with Crippen LogP contribution in [0.2, 0.25) is 5.02 Å². The predicted molar refractivity (Wildman–Crippen MR) is 119 cm³/mol. The third-order valence-corrected chi connectivity index (χ3v) is 6.34. The van der Waals surface area contributed by atoms with Gasteiger partial charge in [-0.2, -0.15) is 0 Å². The highest BCUT2D eigenvalue weighted by atomic mass is 35.5.